The molecule has 7 nitrogen and oxygen atoms in total. The van der Waals surface area contributed by atoms with E-state index in [9.17, 15) is 9.59 Å². The summed E-state index contributed by atoms with van der Waals surface area (Å²) < 4.78 is 5.38. The molecule has 0 unspecified atom stereocenters. The Balaban J connectivity index is 1.49. The van der Waals surface area contributed by atoms with E-state index in [1.807, 2.05) is 47.9 Å². The number of hydrogen-bond donors (Lipinski definition) is 0. The number of piperidine rings is 1. The number of methoxy groups -OCH3 is 1. The van der Waals surface area contributed by atoms with Crippen LogP contribution in [0.1, 0.15) is 64.7 Å². The molecule has 7 heteroatoms. The molecule has 1 atom stereocenters. The lowest BCUT2D eigenvalue weighted by atomic mass is 9.95. The van der Waals surface area contributed by atoms with E-state index in [2.05, 4.69) is 0 Å². The van der Waals surface area contributed by atoms with Crippen molar-refractivity contribution in [1.82, 2.24) is 19.8 Å². The van der Waals surface area contributed by atoms with E-state index in [-0.39, 0.29) is 17.7 Å². The minimum Gasteiger partial charge on any atom is -0.496 e. The van der Waals surface area contributed by atoms with Gasteiger partial charge in [0.05, 0.1) is 19.1 Å². The summed E-state index contributed by atoms with van der Waals surface area (Å²) in [6.45, 7) is 6.94. The second-order valence-electron chi connectivity index (χ2n) is 8.79. The predicted molar refractivity (Wildman–Crippen MR) is 122 cm³/mol. The maximum absolute atomic E-state index is 13.2. The highest BCUT2D eigenvalue weighted by Gasteiger charge is 2.29. The normalized spacial score (nSPS) is 18.7. The van der Waals surface area contributed by atoms with Gasteiger partial charge < -0.3 is 14.5 Å². The Bertz CT molecular complexity index is 977. The average Bonchev–Trinajstić information content (AvgIpc) is 3.36. The van der Waals surface area contributed by atoms with E-state index in [1.54, 1.807) is 7.11 Å². The van der Waals surface area contributed by atoms with Crippen LogP contribution >= 0.6 is 0 Å². The Hall–Kier alpha value is -2.96. The molecule has 2 aliphatic heterocycles. The monoisotopic (exact) mass is 436 g/mol. The molecule has 1 aromatic carbocycles. The molecular formula is C25H32N4O3. The number of aromatic nitrogens is 2. The molecule has 0 spiro atoms. The van der Waals surface area contributed by atoms with Gasteiger partial charge in [0.15, 0.2) is 0 Å². The van der Waals surface area contributed by atoms with Crippen LogP contribution in [0.15, 0.2) is 24.3 Å². The molecule has 2 aromatic rings. The van der Waals surface area contributed by atoms with Gasteiger partial charge in [-0.1, -0.05) is 12.1 Å². The molecular weight excluding hydrogens is 404 g/mol. The zero-order valence-electron chi connectivity index (χ0n) is 19.3. The Labute approximate surface area is 189 Å². The standard InChI is InChI=1S/C25H32N4O3/c1-17-21(15-23(30)28-12-6-7-13-28)18(2)27-24(26-17)19-9-8-14-29(16-19)25(31)20-10-4-5-11-22(20)32-3/h4-5,10-11,19H,6-9,12-16H2,1-3H3/t19-/m0/s1. The first-order valence-corrected chi connectivity index (χ1v) is 11.5. The number of nitrogens with zero attached hydrogens (tertiary/aromatic N) is 4. The van der Waals surface area contributed by atoms with E-state index in [0.717, 1.165) is 61.5 Å². The van der Waals surface area contributed by atoms with Gasteiger partial charge in [-0.05, 0) is 51.7 Å². The summed E-state index contributed by atoms with van der Waals surface area (Å²) in [5.41, 5.74) is 3.25. The van der Waals surface area contributed by atoms with Crippen molar-refractivity contribution in [2.45, 2.75) is 51.9 Å². The van der Waals surface area contributed by atoms with Gasteiger partial charge in [-0.2, -0.15) is 0 Å². The zero-order chi connectivity index (χ0) is 22.7. The van der Waals surface area contributed by atoms with Gasteiger partial charge in [-0.3, -0.25) is 9.59 Å². The minimum absolute atomic E-state index is 0.0200. The molecule has 3 heterocycles. The summed E-state index contributed by atoms with van der Waals surface area (Å²) in [5, 5.41) is 0. The quantitative estimate of drug-likeness (QED) is 0.719. The lowest BCUT2D eigenvalue weighted by Gasteiger charge is -2.32. The van der Waals surface area contributed by atoms with E-state index in [4.69, 9.17) is 14.7 Å². The Morgan fingerprint density at radius 3 is 2.34 bits per heavy atom. The van der Waals surface area contributed by atoms with Crippen LogP contribution in [-0.2, 0) is 11.2 Å². The first kappa shape index (κ1) is 22.2. The number of benzene rings is 1. The lowest BCUT2D eigenvalue weighted by Crippen LogP contribution is -2.39. The second-order valence-corrected chi connectivity index (χ2v) is 8.79. The first-order valence-electron chi connectivity index (χ1n) is 11.5. The van der Waals surface area contributed by atoms with Crippen LogP contribution in [-0.4, -0.2) is 64.9 Å². The van der Waals surface area contributed by atoms with Crippen LogP contribution in [0.25, 0.3) is 0 Å². The van der Waals surface area contributed by atoms with Crippen LogP contribution in [0.5, 0.6) is 5.75 Å². The van der Waals surface area contributed by atoms with Crippen molar-refractivity contribution in [3.63, 3.8) is 0 Å². The molecule has 4 rings (SSSR count). The third-order valence-corrected chi connectivity index (χ3v) is 6.64. The van der Waals surface area contributed by atoms with E-state index >= 15 is 0 Å². The van der Waals surface area contributed by atoms with E-state index in [0.29, 0.717) is 30.8 Å². The molecule has 170 valence electrons. The summed E-state index contributed by atoms with van der Waals surface area (Å²) in [6.07, 6.45) is 4.39. The van der Waals surface area contributed by atoms with Crippen molar-refractivity contribution in [2.75, 3.05) is 33.3 Å². The zero-order valence-corrected chi connectivity index (χ0v) is 19.3. The average molecular weight is 437 g/mol. The fraction of sp³-hybridized carbons (Fsp3) is 0.520. The Morgan fingerprint density at radius 1 is 1.00 bits per heavy atom. The Kier molecular flexibility index (Phi) is 6.72. The van der Waals surface area contributed by atoms with Crippen molar-refractivity contribution in [3.05, 3.63) is 52.6 Å². The highest BCUT2D eigenvalue weighted by molar-refractivity contribution is 5.97. The molecule has 2 saturated heterocycles. The number of amides is 2. The highest BCUT2D eigenvalue weighted by atomic mass is 16.5. The third-order valence-electron chi connectivity index (χ3n) is 6.64. The first-order chi connectivity index (χ1) is 15.5. The molecule has 0 radical (unpaired) electrons. The van der Waals surface area contributed by atoms with Crippen molar-refractivity contribution >= 4 is 11.8 Å². The summed E-state index contributed by atoms with van der Waals surface area (Å²) in [4.78, 5) is 39.2. The molecule has 0 bridgehead atoms. The summed E-state index contributed by atoms with van der Waals surface area (Å²) >= 11 is 0. The van der Waals surface area contributed by atoms with Crippen molar-refractivity contribution in [1.29, 1.82) is 0 Å². The van der Waals surface area contributed by atoms with Crippen molar-refractivity contribution < 1.29 is 14.3 Å². The van der Waals surface area contributed by atoms with E-state index < -0.39 is 0 Å². The molecule has 2 fully saturated rings. The molecule has 1 aromatic heterocycles. The van der Waals surface area contributed by atoms with Gasteiger partial charge in [0.25, 0.3) is 5.91 Å². The van der Waals surface area contributed by atoms with Gasteiger partial charge in [0.1, 0.15) is 11.6 Å². The number of likely N-dealkylation sites (tertiary alicyclic amines) is 2. The van der Waals surface area contributed by atoms with Crippen LogP contribution in [0.2, 0.25) is 0 Å². The summed E-state index contributed by atoms with van der Waals surface area (Å²) in [5.74, 6) is 1.59. The molecule has 2 aliphatic rings. The molecule has 0 saturated carbocycles. The molecule has 32 heavy (non-hydrogen) atoms. The topological polar surface area (TPSA) is 75.6 Å². The fourth-order valence-electron chi connectivity index (χ4n) is 4.80. The number of ether oxygens (including phenoxy) is 1. The Morgan fingerprint density at radius 2 is 1.66 bits per heavy atom. The van der Waals surface area contributed by atoms with Gasteiger partial charge in [-0.15, -0.1) is 0 Å². The predicted octanol–water partition coefficient (Wildman–Crippen LogP) is 3.29. The number of para-hydroxylation sites is 1. The summed E-state index contributed by atoms with van der Waals surface area (Å²) in [7, 11) is 1.58. The number of hydrogen-bond acceptors (Lipinski definition) is 5. The van der Waals surface area contributed by atoms with Crippen molar-refractivity contribution in [2.24, 2.45) is 0 Å². The van der Waals surface area contributed by atoms with Gasteiger partial charge in [0, 0.05) is 49.0 Å². The smallest absolute Gasteiger partial charge is 0.257 e. The number of carbonyl (C=O) groups excluding carboxylic acids is 2. The largest absolute Gasteiger partial charge is 0.496 e. The fourth-order valence-corrected chi connectivity index (χ4v) is 4.80. The number of rotatable bonds is 5. The van der Waals surface area contributed by atoms with Gasteiger partial charge in [-0.25, -0.2) is 9.97 Å². The van der Waals surface area contributed by atoms with Crippen LogP contribution < -0.4 is 4.74 Å². The van der Waals surface area contributed by atoms with Crippen LogP contribution in [0.3, 0.4) is 0 Å². The minimum atomic E-state index is -0.0200. The highest BCUT2D eigenvalue weighted by Crippen LogP contribution is 2.29. The lowest BCUT2D eigenvalue weighted by molar-refractivity contribution is -0.129. The van der Waals surface area contributed by atoms with E-state index in [1.165, 1.54) is 0 Å². The van der Waals surface area contributed by atoms with Crippen LogP contribution in [0, 0.1) is 13.8 Å². The van der Waals surface area contributed by atoms with Gasteiger partial charge in [0.2, 0.25) is 5.91 Å². The third kappa shape index (κ3) is 4.61. The van der Waals surface area contributed by atoms with Crippen LogP contribution in [0.4, 0.5) is 0 Å². The SMILES string of the molecule is COc1ccccc1C(=O)N1CCC[C@H](c2nc(C)c(CC(=O)N3CCCC3)c(C)n2)C1. The number of carbonyl (C=O) groups is 2. The maximum Gasteiger partial charge on any atom is 0.257 e. The molecule has 0 aliphatic carbocycles. The second kappa shape index (κ2) is 9.67. The maximum atomic E-state index is 13.2. The molecule has 2 amide bonds. The number of aryl methyl sites for hydroxylation is 2. The van der Waals surface area contributed by atoms with Crippen molar-refractivity contribution in [3.8, 4) is 5.75 Å². The molecule has 0 N–H and O–H groups in total. The summed E-state index contributed by atoms with van der Waals surface area (Å²) in [6, 6.07) is 7.34. The van der Waals surface area contributed by atoms with Gasteiger partial charge >= 0.3 is 0 Å².